The van der Waals surface area contributed by atoms with Crippen molar-refractivity contribution in [3.05, 3.63) is 54.1 Å². The molecule has 126 valence electrons. The van der Waals surface area contributed by atoms with Gasteiger partial charge in [-0.3, -0.25) is 9.59 Å². The second kappa shape index (κ2) is 6.63. The lowest BCUT2D eigenvalue weighted by Crippen LogP contribution is -2.39. The minimum absolute atomic E-state index is 0.122. The lowest BCUT2D eigenvalue weighted by molar-refractivity contribution is -0.168. The monoisotopic (exact) mass is 326 g/mol. The first-order chi connectivity index (χ1) is 11.6. The molecule has 0 spiro atoms. The molecule has 1 aromatic rings. The van der Waals surface area contributed by atoms with Gasteiger partial charge in [-0.15, -0.1) is 0 Å². The van der Waals surface area contributed by atoms with Gasteiger partial charge in [0.2, 0.25) is 0 Å². The van der Waals surface area contributed by atoms with Gasteiger partial charge in [0.05, 0.1) is 14.2 Å². The molecule has 0 amide bonds. The van der Waals surface area contributed by atoms with Crippen molar-refractivity contribution >= 4 is 17.5 Å². The molecule has 0 N–H and O–H groups in total. The summed E-state index contributed by atoms with van der Waals surface area (Å²) in [4.78, 5) is 24.7. The third-order valence-electron chi connectivity index (χ3n) is 5.15. The second-order valence-corrected chi connectivity index (χ2v) is 6.49. The molecule has 4 nitrogen and oxygen atoms in total. The van der Waals surface area contributed by atoms with Gasteiger partial charge in [0, 0.05) is 0 Å². The van der Waals surface area contributed by atoms with Crippen LogP contribution in [0.15, 0.2) is 48.6 Å². The molecule has 0 bridgehead atoms. The van der Waals surface area contributed by atoms with Crippen LogP contribution in [0.3, 0.4) is 0 Å². The Labute approximate surface area is 142 Å². The highest BCUT2D eigenvalue weighted by molar-refractivity contribution is 6.00. The van der Waals surface area contributed by atoms with E-state index in [4.69, 9.17) is 9.47 Å². The van der Waals surface area contributed by atoms with Crippen LogP contribution in [0.1, 0.15) is 24.8 Å². The zero-order chi connectivity index (χ0) is 17.2. The SMILES string of the molecule is COC(=O)C1(C(=O)OC)C[C@@H]2C=CCC(c3ccccc3)=C[C@H]2C1. The summed E-state index contributed by atoms with van der Waals surface area (Å²) in [5.74, 6) is -0.725. The molecule has 2 aliphatic rings. The van der Waals surface area contributed by atoms with E-state index in [0.717, 1.165) is 6.42 Å². The van der Waals surface area contributed by atoms with Crippen LogP contribution in [-0.4, -0.2) is 26.2 Å². The molecule has 2 aliphatic carbocycles. The Bertz CT molecular complexity index is 671. The van der Waals surface area contributed by atoms with Gasteiger partial charge >= 0.3 is 11.9 Å². The molecular formula is C20H22O4. The summed E-state index contributed by atoms with van der Waals surface area (Å²) in [5.41, 5.74) is 1.21. The lowest BCUT2D eigenvalue weighted by Gasteiger charge is -2.23. The first-order valence-electron chi connectivity index (χ1n) is 8.20. The van der Waals surface area contributed by atoms with Crippen LogP contribution in [0, 0.1) is 17.3 Å². The summed E-state index contributed by atoms with van der Waals surface area (Å²) in [6, 6.07) is 10.2. The van der Waals surface area contributed by atoms with Gasteiger partial charge in [-0.25, -0.2) is 0 Å². The third kappa shape index (κ3) is 2.77. The number of hydrogen-bond acceptors (Lipinski definition) is 4. The average molecular weight is 326 g/mol. The molecule has 2 atom stereocenters. The molecule has 0 radical (unpaired) electrons. The first kappa shape index (κ1) is 16.5. The lowest BCUT2D eigenvalue weighted by atomic mass is 9.84. The van der Waals surface area contributed by atoms with Crippen molar-refractivity contribution in [3.63, 3.8) is 0 Å². The molecule has 3 rings (SSSR count). The average Bonchev–Trinajstić information content (AvgIpc) is 2.88. The summed E-state index contributed by atoms with van der Waals surface area (Å²) in [6.07, 6.45) is 8.21. The third-order valence-corrected chi connectivity index (χ3v) is 5.15. The van der Waals surface area contributed by atoms with E-state index < -0.39 is 17.4 Å². The van der Waals surface area contributed by atoms with Gasteiger partial charge in [-0.05, 0) is 42.2 Å². The van der Waals surface area contributed by atoms with Crippen LogP contribution in [0.25, 0.3) is 5.57 Å². The summed E-state index contributed by atoms with van der Waals surface area (Å²) in [7, 11) is 2.64. The molecule has 0 aliphatic heterocycles. The Morgan fingerprint density at radius 1 is 1.00 bits per heavy atom. The van der Waals surface area contributed by atoms with Crippen LogP contribution in [0.4, 0.5) is 0 Å². The van der Waals surface area contributed by atoms with E-state index >= 15 is 0 Å². The van der Waals surface area contributed by atoms with Crippen LogP contribution < -0.4 is 0 Å². The smallest absolute Gasteiger partial charge is 0.323 e. The highest BCUT2D eigenvalue weighted by Gasteiger charge is 2.56. The van der Waals surface area contributed by atoms with E-state index in [1.54, 1.807) is 0 Å². The molecule has 1 aromatic carbocycles. The topological polar surface area (TPSA) is 52.6 Å². The van der Waals surface area contributed by atoms with Gasteiger partial charge in [-0.1, -0.05) is 48.6 Å². The largest absolute Gasteiger partial charge is 0.468 e. The highest BCUT2D eigenvalue weighted by atomic mass is 16.5. The van der Waals surface area contributed by atoms with Gasteiger partial charge in [0.15, 0.2) is 5.41 Å². The van der Waals surface area contributed by atoms with Crippen molar-refractivity contribution in [3.8, 4) is 0 Å². The van der Waals surface area contributed by atoms with Gasteiger partial charge in [0.1, 0.15) is 0 Å². The summed E-state index contributed by atoms with van der Waals surface area (Å²) >= 11 is 0. The highest BCUT2D eigenvalue weighted by Crippen LogP contribution is 2.50. The molecule has 0 saturated heterocycles. The van der Waals surface area contributed by atoms with Gasteiger partial charge in [0.25, 0.3) is 0 Å². The summed E-state index contributed by atoms with van der Waals surface area (Å²) < 4.78 is 9.85. The number of fused-ring (bicyclic) bond motifs is 1. The molecule has 24 heavy (non-hydrogen) atoms. The molecule has 0 unspecified atom stereocenters. The zero-order valence-electron chi connectivity index (χ0n) is 14.0. The molecule has 0 aromatic heterocycles. The fourth-order valence-corrected chi connectivity index (χ4v) is 3.95. The Kier molecular flexibility index (Phi) is 4.56. The minimum Gasteiger partial charge on any atom is -0.468 e. The van der Waals surface area contributed by atoms with Crippen LogP contribution in [0.5, 0.6) is 0 Å². The van der Waals surface area contributed by atoms with Crippen molar-refractivity contribution in [2.45, 2.75) is 19.3 Å². The van der Waals surface area contributed by atoms with Gasteiger partial charge in [-0.2, -0.15) is 0 Å². The summed E-state index contributed by atoms with van der Waals surface area (Å²) in [5, 5.41) is 0. The quantitative estimate of drug-likeness (QED) is 0.485. The van der Waals surface area contributed by atoms with Crippen molar-refractivity contribution in [1.29, 1.82) is 0 Å². The number of esters is 2. The minimum atomic E-state index is -1.20. The maximum atomic E-state index is 12.3. The molecule has 4 heteroatoms. The van der Waals surface area contributed by atoms with E-state index in [1.807, 2.05) is 18.2 Å². The first-order valence-corrected chi connectivity index (χ1v) is 8.20. The van der Waals surface area contributed by atoms with E-state index in [2.05, 4.69) is 30.4 Å². The van der Waals surface area contributed by atoms with Crippen molar-refractivity contribution < 1.29 is 19.1 Å². The van der Waals surface area contributed by atoms with E-state index in [1.165, 1.54) is 25.4 Å². The zero-order valence-corrected chi connectivity index (χ0v) is 14.0. The van der Waals surface area contributed by atoms with Crippen molar-refractivity contribution in [1.82, 2.24) is 0 Å². The summed E-state index contributed by atoms with van der Waals surface area (Å²) in [6.45, 7) is 0. The number of methoxy groups -OCH3 is 2. The Balaban J connectivity index is 1.95. The number of rotatable bonds is 3. The van der Waals surface area contributed by atoms with Crippen LogP contribution >= 0.6 is 0 Å². The Morgan fingerprint density at radius 2 is 1.62 bits per heavy atom. The predicted molar refractivity (Wildman–Crippen MR) is 90.9 cm³/mol. The normalized spacial score (nSPS) is 24.5. The second-order valence-electron chi connectivity index (χ2n) is 6.49. The molecule has 1 saturated carbocycles. The number of carbonyl (C=O) groups is 2. The molecule has 0 heterocycles. The van der Waals surface area contributed by atoms with E-state index in [-0.39, 0.29) is 11.8 Å². The number of benzene rings is 1. The van der Waals surface area contributed by atoms with Crippen molar-refractivity contribution in [2.75, 3.05) is 14.2 Å². The maximum absolute atomic E-state index is 12.3. The standard InChI is InChI=1S/C20H22O4/c1-23-18(21)20(19(22)24-2)12-16-10-6-9-15(11-17(16)13-20)14-7-4-3-5-8-14/h3-8,10-11,16-17H,9,12-13H2,1-2H3/t16-,17-/m0/s1. The number of hydrogen-bond donors (Lipinski definition) is 0. The van der Waals surface area contributed by atoms with E-state index in [0.29, 0.717) is 12.8 Å². The number of carbonyl (C=O) groups excluding carboxylic acids is 2. The molecule has 1 fully saturated rings. The Morgan fingerprint density at radius 3 is 2.25 bits per heavy atom. The van der Waals surface area contributed by atoms with Crippen molar-refractivity contribution in [2.24, 2.45) is 17.3 Å². The van der Waals surface area contributed by atoms with E-state index in [9.17, 15) is 9.59 Å². The molecular weight excluding hydrogens is 304 g/mol. The number of allylic oxidation sites excluding steroid dienone is 4. The van der Waals surface area contributed by atoms with Gasteiger partial charge < -0.3 is 9.47 Å². The Hall–Kier alpha value is -2.36. The van der Waals surface area contributed by atoms with Crippen LogP contribution in [-0.2, 0) is 19.1 Å². The van der Waals surface area contributed by atoms with Crippen LogP contribution in [0.2, 0.25) is 0 Å². The maximum Gasteiger partial charge on any atom is 0.323 e. The fourth-order valence-electron chi connectivity index (χ4n) is 3.95. The fraction of sp³-hybridized carbons (Fsp3) is 0.400. The number of ether oxygens (including phenoxy) is 2. The predicted octanol–water partition coefficient (Wildman–Crippen LogP) is 3.39.